The normalized spacial score (nSPS) is 13.1. The Morgan fingerprint density at radius 1 is 1.03 bits per heavy atom. The fourth-order valence-electron chi connectivity index (χ4n) is 3.27. The van der Waals surface area contributed by atoms with Gasteiger partial charge in [0.2, 0.25) is 0 Å². The molecule has 3 heterocycles. The summed E-state index contributed by atoms with van der Waals surface area (Å²) in [6, 6.07) is 10.4. The van der Waals surface area contributed by atoms with Gasteiger partial charge in [0.25, 0.3) is 0 Å². The van der Waals surface area contributed by atoms with E-state index in [1.165, 1.54) is 44.5 Å². The molecule has 0 bridgehead atoms. The SMILES string of the molecule is C1CCNCC1.CCNc1cc(-c2cncc(NCc3cccc(F)c3)c2)c(Cl)cn1. The Balaban J connectivity index is 0.000000391. The topological polar surface area (TPSA) is 61.9 Å². The fraction of sp³-hybridized carbons (Fsp3) is 0.333. The molecule has 1 aliphatic heterocycles. The summed E-state index contributed by atoms with van der Waals surface area (Å²) in [5.41, 5.74) is 3.44. The Morgan fingerprint density at radius 2 is 1.87 bits per heavy atom. The molecule has 1 saturated heterocycles. The summed E-state index contributed by atoms with van der Waals surface area (Å²) < 4.78 is 13.3. The van der Waals surface area contributed by atoms with E-state index < -0.39 is 0 Å². The Bertz CT molecular complexity index is 951. The molecule has 0 radical (unpaired) electrons. The molecule has 0 aliphatic carbocycles. The molecule has 7 heteroatoms. The van der Waals surface area contributed by atoms with Gasteiger partial charge in [0.05, 0.1) is 10.7 Å². The van der Waals surface area contributed by atoms with Gasteiger partial charge in [-0.15, -0.1) is 0 Å². The van der Waals surface area contributed by atoms with Crippen molar-refractivity contribution in [1.82, 2.24) is 15.3 Å². The largest absolute Gasteiger partial charge is 0.380 e. The van der Waals surface area contributed by atoms with Crippen LogP contribution in [0, 0.1) is 5.82 Å². The highest BCUT2D eigenvalue weighted by atomic mass is 35.5. The van der Waals surface area contributed by atoms with Gasteiger partial charge in [-0.25, -0.2) is 9.37 Å². The number of rotatable bonds is 6. The van der Waals surface area contributed by atoms with E-state index in [0.29, 0.717) is 11.6 Å². The van der Waals surface area contributed by atoms with Crippen molar-refractivity contribution in [2.24, 2.45) is 0 Å². The number of aromatic nitrogens is 2. The summed E-state index contributed by atoms with van der Waals surface area (Å²) >= 11 is 6.29. The van der Waals surface area contributed by atoms with Crippen molar-refractivity contribution in [3.8, 4) is 11.1 Å². The number of halogens is 2. The van der Waals surface area contributed by atoms with Crippen LogP contribution in [0.15, 0.2) is 55.0 Å². The Hall–Kier alpha value is -2.70. The highest BCUT2D eigenvalue weighted by molar-refractivity contribution is 6.33. The van der Waals surface area contributed by atoms with E-state index in [0.717, 1.165) is 34.7 Å². The standard InChI is InChI=1S/C19H18ClFN4.C5H11N/c1-2-23-19-8-17(18(20)12-25-19)14-7-16(11-22-10-14)24-9-13-4-3-5-15(21)6-13;1-2-4-6-5-3-1/h3-8,10-12,24H,2,9H2,1H3,(H,23,25);6H,1-5H2. The molecule has 0 unspecified atom stereocenters. The molecular formula is C24H29ClFN5. The van der Waals surface area contributed by atoms with Crippen LogP contribution in [0.2, 0.25) is 5.02 Å². The lowest BCUT2D eigenvalue weighted by Gasteiger charge is -2.11. The van der Waals surface area contributed by atoms with Crippen LogP contribution in [0.1, 0.15) is 31.7 Å². The van der Waals surface area contributed by atoms with Gasteiger partial charge >= 0.3 is 0 Å². The smallest absolute Gasteiger partial charge is 0.126 e. The summed E-state index contributed by atoms with van der Waals surface area (Å²) in [6.45, 7) is 5.80. The monoisotopic (exact) mass is 441 g/mol. The Labute approximate surface area is 188 Å². The van der Waals surface area contributed by atoms with E-state index in [4.69, 9.17) is 11.6 Å². The quantitative estimate of drug-likeness (QED) is 0.455. The molecule has 31 heavy (non-hydrogen) atoms. The first kappa shape index (κ1) is 23.0. The van der Waals surface area contributed by atoms with Crippen molar-refractivity contribution in [3.63, 3.8) is 0 Å². The number of piperidine rings is 1. The van der Waals surface area contributed by atoms with Gasteiger partial charge in [0.1, 0.15) is 11.6 Å². The molecule has 3 aromatic rings. The van der Waals surface area contributed by atoms with E-state index in [1.807, 2.05) is 25.1 Å². The summed E-state index contributed by atoms with van der Waals surface area (Å²) in [5, 5.41) is 10.3. The zero-order valence-electron chi connectivity index (χ0n) is 17.8. The lowest BCUT2D eigenvalue weighted by molar-refractivity contribution is 0.520. The van der Waals surface area contributed by atoms with Gasteiger partial charge in [-0.2, -0.15) is 0 Å². The highest BCUT2D eigenvalue weighted by Crippen LogP contribution is 2.30. The molecule has 4 rings (SSSR count). The maximum Gasteiger partial charge on any atom is 0.126 e. The molecule has 2 aromatic heterocycles. The molecule has 5 nitrogen and oxygen atoms in total. The van der Waals surface area contributed by atoms with Crippen LogP contribution in [0.5, 0.6) is 0 Å². The number of benzene rings is 1. The maximum atomic E-state index is 13.3. The lowest BCUT2D eigenvalue weighted by atomic mass is 10.1. The molecule has 0 atom stereocenters. The van der Waals surface area contributed by atoms with Crippen LogP contribution in [0.4, 0.5) is 15.9 Å². The Morgan fingerprint density at radius 3 is 2.55 bits per heavy atom. The van der Waals surface area contributed by atoms with Crippen LogP contribution in [-0.2, 0) is 6.54 Å². The minimum absolute atomic E-state index is 0.245. The van der Waals surface area contributed by atoms with E-state index in [1.54, 1.807) is 24.7 Å². The lowest BCUT2D eigenvalue weighted by Crippen LogP contribution is -2.21. The van der Waals surface area contributed by atoms with Crippen molar-refractivity contribution < 1.29 is 4.39 Å². The number of hydrogen-bond acceptors (Lipinski definition) is 5. The molecule has 0 saturated carbocycles. The van der Waals surface area contributed by atoms with Crippen LogP contribution in [-0.4, -0.2) is 29.6 Å². The zero-order chi connectivity index (χ0) is 21.9. The van der Waals surface area contributed by atoms with Crippen LogP contribution in [0.25, 0.3) is 11.1 Å². The second kappa shape index (κ2) is 12.2. The molecule has 1 aliphatic rings. The van der Waals surface area contributed by atoms with Crippen molar-refractivity contribution in [3.05, 3.63) is 71.4 Å². The fourth-order valence-corrected chi connectivity index (χ4v) is 3.49. The maximum absolute atomic E-state index is 13.3. The predicted molar refractivity (Wildman–Crippen MR) is 127 cm³/mol. The highest BCUT2D eigenvalue weighted by Gasteiger charge is 2.08. The van der Waals surface area contributed by atoms with Gasteiger partial charge in [-0.1, -0.05) is 30.2 Å². The first-order valence-electron chi connectivity index (χ1n) is 10.7. The van der Waals surface area contributed by atoms with Crippen LogP contribution in [0.3, 0.4) is 0 Å². The minimum atomic E-state index is -0.245. The van der Waals surface area contributed by atoms with Gasteiger partial charge < -0.3 is 16.0 Å². The third-order valence-corrected chi connectivity index (χ3v) is 5.16. The average molecular weight is 442 g/mol. The first-order valence-corrected chi connectivity index (χ1v) is 11.1. The number of pyridine rings is 2. The van der Waals surface area contributed by atoms with E-state index in [9.17, 15) is 4.39 Å². The zero-order valence-corrected chi connectivity index (χ0v) is 18.6. The number of anilines is 2. The van der Waals surface area contributed by atoms with Crippen molar-refractivity contribution in [1.29, 1.82) is 0 Å². The third-order valence-electron chi connectivity index (χ3n) is 4.86. The summed E-state index contributed by atoms with van der Waals surface area (Å²) in [6.07, 6.45) is 9.32. The van der Waals surface area contributed by atoms with E-state index in [2.05, 4.69) is 25.9 Å². The van der Waals surface area contributed by atoms with Crippen molar-refractivity contribution in [2.45, 2.75) is 32.7 Å². The van der Waals surface area contributed by atoms with Crippen molar-refractivity contribution in [2.75, 3.05) is 30.3 Å². The van der Waals surface area contributed by atoms with Gasteiger partial charge in [0.15, 0.2) is 0 Å². The number of hydrogen-bond donors (Lipinski definition) is 3. The van der Waals surface area contributed by atoms with Gasteiger partial charge in [-0.05, 0) is 62.7 Å². The average Bonchev–Trinajstić information content (AvgIpc) is 2.81. The second-order valence-corrected chi connectivity index (χ2v) is 7.74. The molecule has 164 valence electrons. The van der Waals surface area contributed by atoms with Crippen LogP contribution < -0.4 is 16.0 Å². The second-order valence-electron chi connectivity index (χ2n) is 7.34. The number of nitrogens with one attached hydrogen (secondary N) is 3. The summed E-state index contributed by atoms with van der Waals surface area (Å²) in [5.74, 6) is 0.519. The van der Waals surface area contributed by atoms with Crippen molar-refractivity contribution >= 4 is 23.1 Å². The molecule has 0 spiro atoms. The van der Waals surface area contributed by atoms with Gasteiger partial charge in [0, 0.05) is 42.8 Å². The van der Waals surface area contributed by atoms with E-state index >= 15 is 0 Å². The van der Waals surface area contributed by atoms with Crippen LogP contribution >= 0.6 is 11.6 Å². The molecule has 0 amide bonds. The Kier molecular flexibility index (Phi) is 9.06. The molecule has 3 N–H and O–H groups in total. The molecule has 1 aromatic carbocycles. The first-order chi connectivity index (χ1) is 15.2. The van der Waals surface area contributed by atoms with Gasteiger partial charge in [-0.3, -0.25) is 4.98 Å². The molecule has 1 fully saturated rings. The third kappa shape index (κ3) is 7.49. The van der Waals surface area contributed by atoms with E-state index in [-0.39, 0.29) is 5.82 Å². The summed E-state index contributed by atoms with van der Waals surface area (Å²) in [7, 11) is 0. The number of nitrogens with zero attached hydrogens (tertiary/aromatic N) is 2. The predicted octanol–water partition coefficient (Wildman–Crippen LogP) is 5.74. The minimum Gasteiger partial charge on any atom is -0.380 e. The molecular weight excluding hydrogens is 413 g/mol. The summed E-state index contributed by atoms with van der Waals surface area (Å²) in [4.78, 5) is 8.52.